The predicted octanol–water partition coefficient (Wildman–Crippen LogP) is 0.690. The lowest BCUT2D eigenvalue weighted by Gasteiger charge is -2.18. The van der Waals surface area contributed by atoms with E-state index in [1.165, 1.54) is 0 Å². The van der Waals surface area contributed by atoms with Crippen molar-refractivity contribution >= 4 is 0 Å². The quantitative estimate of drug-likeness (QED) is 0.666. The summed E-state index contributed by atoms with van der Waals surface area (Å²) >= 11 is 0. The van der Waals surface area contributed by atoms with E-state index < -0.39 is 18.8 Å². The largest absolute Gasteiger partial charge is 0.394 e. The summed E-state index contributed by atoms with van der Waals surface area (Å²) in [4.78, 5) is 0. The minimum Gasteiger partial charge on any atom is -0.394 e. The van der Waals surface area contributed by atoms with Crippen molar-refractivity contribution in [1.29, 1.82) is 0 Å². The molecule has 0 amide bonds. The third-order valence-corrected chi connectivity index (χ3v) is 2.30. The number of aliphatic hydroxyl groups is 3. The fourth-order valence-corrected chi connectivity index (χ4v) is 1.46. The fourth-order valence-electron chi connectivity index (χ4n) is 1.46. The van der Waals surface area contributed by atoms with Crippen molar-refractivity contribution in [2.45, 2.75) is 26.1 Å². The molecule has 0 spiro atoms. The summed E-state index contributed by atoms with van der Waals surface area (Å²) in [5.74, 6) is 0. The van der Waals surface area contributed by atoms with E-state index in [9.17, 15) is 10.2 Å². The molecule has 0 fully saturated rings. The highest BCUT2D eigenvalue weighted by Gasteiger charge is 2.18. The Morgan fingerprint density at radius 2 is 1.86 bits per heavy atom. The van der Waals surface area contributed by atoms with Crippen molar-refractivity contribution in [3.05, 3.63) is 34.9 Å². The molecule has 3 heteroatoms. The van der Waals surface area contributed by atoms with E-state index in [4.69, 9.17) is 5.11 Å². The molecule has 0 radical (unpaired) electrons. The van der Waals surface area contributed by atoms with Gasteiger partial charge in [0.05, 0.1) is 6.61 Å². The van der Waals surface area contributed by atoms with Crippen LogP contribution in [0, 0.1) is 13.8 Å². The Kier molecular flexibility index (Phi) is 3.63. The van der Waals surface area contributed by atoms with E-state index in [0.29, 0.717) is 5.56 Å². The van der Waals surface area contributed by atoms with Gasteiger partial charge in [-0.25, -0.2) is 0 Å². The van der Waals surface area contributed by atoms with Crippen LogP contribution >= 0.6 is 0 Å². The van der Waals surface area contributed by atoms with E-state index in [0.717, 1.165) is 11.1 Å². The molecule has 0 heterocycles. The molecule has 1 aromatic carbocycles. The van der Waals surface area contributed by atoms with Gasteiger partial charge in [0.2, 0.25) is 0 Å². The van der Waals surface area contributed by atoms with Crippen molar-refractivity contribution < 1.29 is 15.3 Å². The van der Waals surface area contributed by atoms with Crippen LogP contribution in [0.15, 0.2) is 18.2 Å². The summed E-state index contributed by atoms with van der Waals surface area (Å²) in [6, 6.07) is 5.58. The Balaban J connectivity index is 2.95. The molecule has 14 heavy (non-hydrogen) atoms. The molecular formula is C11H16O3. The summed E-state index contributed by atoms with van der Waals surface area (Å²) < 4.78 is 0. The van der Waals surface area contributed by atoms with Gasteiger partial charge in [0.1, 0.15) is 12.2 Å². The SMILES string of the molecule is Cc1ccc(C(O)C(O)CO)c(C)c1. The van der Waals surface area contributed by atoms with Crippen LogP contribution in [0.1, 0.15) is 22.8 Å². The van der Waals surface area contributed by atoms with Gasteiger partial charge in [-0.15, -0.1) is 0 Å². The first-order chi connectivity index (χ1) is 6.56. The molecule has 0 aliphatic rings. The van der Waals surface area contributed by atoms with Gasteiger partial charge in [-0.3, -0.25) is 0 Å². The van der Waals surface area contributed by atoms with Crippen molar-refractivity contribution in [3.63, 3.8) is 0 Å². The summed E-state index contributed by atoms with van der Waals surface area (Å²) in [6.07, 6.45) is -2.13. The summed E-state index contributed by atoms with van der Waals surface area (Å²) in [5, 5.41) is 27.6. The van der Waals surface area contributed by atoms with E-state index in [1.807, 2.05) is 26.0 Å². The number of rotatable bonds is 3. The third kappa shape index (κ3) is 2.32. The first-order valence-corrected chi connectivity index (χ1v) is 4.60. The van der Waals surface area contributed by atoms with Gasteiger partial charge in [0.15, 0.2) is 0 Å². The van der Waals surface area contributed by atoms with Crippen molar-refractivity contribution in [2.24, 2.45) is 0 Å². The first kappa shape index (κ1) is 11.2. The van der Waals surface area contributed by atoms with E-state index in [2.05, 4.69) is 0 Å². The summed E-state index contributed by atoms with van der Waals surface area (Å²) in [7, 11) is 0. The van der Waals surface area contributed by atoms with Crippen molar-refractivity contribution in [3.8, 4) is 0 Å². The van der Waals surface area contributed by atoms with Crippen LogP contribution in [0.2, 0.25) is 0 Å². The molecule has 2 atom stereocenters. The Hall–Kier alpha value is -0.900. The number of benzene rings is 1. The van der Waals surface area contributed by atoms with Gasteiger partial charge in [-0.1, -0.05) is 23.8 Å². The molecule has 1 rings (SSSR count). The van der Waals surface area contributed by atoms with Crippen LogP contribution < -0.4 is 0 Å². The Morgan fingerprint density at radius 1 is 1.21 bits per heavy atom. The third-order valence-electron chi connectivity index (χ3n) is 2.30. The maximum atomic E-state index is 9.65. The van der Waals surface area contributed by atoms with E-state index >= 15 is 0 Å². The molecule has 0 aromatic heterocycles. The number of aryl methyl sites for hydroxylation is 2. The van der Waals surface area contributed by atoms with E-state index in [-0.39, 0.29) is 0 Å². The molecule has 3 N–H and O–H groups in total. The zero-order valence-electron chi connectivity index (χ0n) is 8.44. The van der Waals surface area contributed by atoms with Crippen molar-refractivity contribution in [1.82, 2.24) is 0 Å². The van der Waals surface area contributed by atoms with Crippen LogP contribution in [-0.4, -0.2) is 28.0 Å². The Bertz CT molecular complexity index is 309. The summed E-state index contributed by atoms with van der Waals surface area (Å²) in [5.41, 5.74) is 2.69. The van der Waals surface area contributed by atoms with Gasteiger partial charge in [0, 0.05) is 0 Å². The average Bonchev–Trinajstić information content (AvgIpc) is 2.15. The minimum absolute atomic E-state index is 0.436. The summed E-state index contributed by atoms with van der Waals surface area (Å²) in [6.45, 7) is 3.40. The average molecular weight is 196 g/mol. The molecule has 78 valence electrons. The second kappa shape index (κ2) is 4.55. The van der Waals surface area contributed by atoms with Gasteiger partial charge < -0.3 is 15.3 Å². The number of aliphatic hydroxyl groups excluding tert-OH is 3. The van der Waals surface area contributed by atoms with Crippen LogP contribution in [0.25, 0.3) is 0 Å². The highest BCUT2D eigenvalue weighted by atomic mass is 16.4. The highest BCUT2D eigenvalue weighted by Crippen LogP contribution is 2.21. The zero-order valence-corrected chi connectivity index (χ0v) is 8.44. The fraction of sp³-hybridized carbons (Fsp3) is 0.455. The minimum atomic E-state index is -1.11. The lowest BCUT2D eigenvalue weighted by molar-refractivity contribution is -0.0155. The lowest BCUT2D eigenvalue weighted by atomic mass is 9.98. The second-order valence-electron chi connectivity index (χ2n) is 3.55. The molecule has 0 saturated carbocycles. The number of hydrogen-bond acceptors (Lipinski definition) is 3. The van der Waals surface area contributed by atoms with Crippen LogP contribution in [0.4, 0.5) is 0 Å². The van der Waals surface area contributed by atoms with Gasteiger partial charge in [-0.05, 0) is 25.0 Å². The number of hydrogen-bond donors (Lipinski definition) is 3. The van der Waals surface area contributed by atoms with Gasteiger partial charge in [0.25, 0.3) is 0 Å². The molecule has 0 saturated heterocycles. The maximum Gasteiger partial charge on any atom is 0.107 e. The topological polar surface area (TPSA) is 60.7 Å². The monoisotopic (exact) mass is 196 g/mol. The van der Waals surface area contributed by atoms with E-state index in [1.54, 1.807) is 6.07 Å². The van der Waals surface area contributed by atoms with Gasteiger partial charge >= 0.3 is 0 Å². The van der Waals surface area contributed by atoms with Crippen LogP contribution in [0.5, 0.6) is 0 Å². The Labute approximate surface area is 83.6 Å². The predicted molar refractivity (Wildman–Crippen MR) is 54.0 cm³/mol. The smallest absolute Gasteiger partial charge is 0.107 e. The van der Waals surface area contributed by atoms with Crippen LogP contribution in [-0.2, 0) is 0 Å². The zero-order chi connectivity index (χ0) is 10.7. The first-order valence-electron chi connectivity index (χ1n) is 4.60. The molecule has 0 bridgehead atoms. The molecule has 2 unspecified atom stereocenters. The maximum absolute atomic E-state index is 9.65. The van der Waals surface area contributed by atoms with Crippen molar-refractivity contribution in [2.75, 3.05) is 6.61 Å². The standard InChI is InChI=1S/C11H16O3/c1-7-3-4-9(8(2)5-7)11(14)10(13)6-12/h3-5,10-14H,6H2,1-2H3. The van der Waals surface area contributed by atoms with Gasteiger partial charge in [-0.2, -0.15) is 0 Å². The molecule has 3 nitrogen and oxygen atoms in total. The molecular weight excluding hydrogens is 180 g/mol. The lowest BCUT2D eigenvalue weighted by Crippen LogP contribution is -2.22. The molecule has 0 aliphatic heterocycles. The highest BCUT2D eigenvalue weighted by molar-refractivity contribution is 5.32. The molecule has 1 aromatic rings. The normalized spacial score (nSPS) is 15.2. The Morgan fingerprint density at radius 3 is 2.36 bits per heavy atom. The van der Waals surface area contributed by atoms with Crippen LogP contribution in [0.3, 0.4) is 0 Å². The molecule has 0 aliphatic carbocycles. The second-order valence-corrected chi connectivity index (χ2v) is 3.55.